The molecule has 21 heavy (non-hydrogen) atoms. The zero-order valence-electron chi connectivity index (χ0n) is 12.6. The maximum absolute atomic E-state index is 11.8. The maximum atomic E-state index is 11.8. The number of carbonyl (C=O) groups excluding carboxylic acids is 2. The molecule has 0 atom stereocenters. The van der Waals surface area contributed by atoms with Gasteiger partial charge in [0.25, 0.3) is 5.91 Å². The summed E-state index contributed by atoms with van der Waals surface area (Å²) in [6.45, 7) is 3.78. The van der Waals surface area contributed by atoms with Crippen molar-refractivity contribution in [2.45, 2.75) is 39.5 Å². The highest BCUT2D eigenvalue weighted by Crippen LogP contribution is 2.24. The van der Waals surface area contributed by atoms with Crippen molar-refractivity contribution in [3.63, 3.8) is 0 Å². The second-order valence-electron chi connectivity index (χ2n) is 5.58. The Morgan fingerprint density at radius 3 is 2.62 bits per heavy atom. The van der Waals surface area contributed by atoms with E-state index in [0.29, 0.717) is 5.75 Å². The van der Waals surface area contributed by atoms with Crippen LogP contribution in [0.4, 0.5) is 0 Å². The third-order valence-electron chi connectivity index (χ3n) is 3.75. The van der Waals surface area contributed by atoms with Crippen LogP contribution < -0.4 is 15.6 Å². The summed E-state index contributed by atoms with van der Waals surface area (Å²) in [5.74, 6) is 0.257. The molecule has 1 fully saturated rings. The number of hydrazine groups is 1. The molecule has 2 N–H and O–H groups in total. The standard InChI is InChI=1S/C16H22N2O3/c1-11-7-8-12(2)14(9-11)21-10-15(19)17-18-16(20)13-5-3-4-6-13/h7-9,13H,3-6,10H2,1-2H3,(H,17,19)(H,18,20). The van der Waals surface area contributed by atoms with Crippen molar-refractivity contribution in [1.29, 1.82) is 0 Å². The summed E-state index contributed by atoms with van der Waals surface area (Å²) >= 11 is 0. The first-order chi connectivity index (χ1) is 10.1. The highest BCUT2D eigenvalue weighted by atomic mass is 16.5. The van der Waals surface area contributed by atoms with E-state index < -0.39 is 0 Å². The molecule has 0 aliphatic heterocycles. The minimum Gasteiger partial charge on any atom is -0.483 e. The highest BCUT2D eigenvalue weighted by molar-refractivity contribution is 5.84. The third-order valence-corrected chi connectivity index (χ3v) is 3.75. The normalized spacial score (nSPS) is 14.8. The van der Waals surface area contributed by atoms with E-state index in [4.69, 9.17) is 4.74 Å². The molecule has 1 saturated carbocycles. The molecule has 0 bridgehead atoms. The highest BCUT2D eigenvalue weighted by Gasteiger charge is 2.22. The topological polar surface area (TPSA) is 67.4 Å². The first-order valence-corrected chi connectivity index (χ1v) is 7.35. The van der Waals surface area contributed by atoms with Gasteiger partial charge in [-0.25, -0.2) is 0 Å². The van der Waals surface area contributed by atoms with Crippen LogP contribution in [0.15, 0.2) is 18.2 Å². The smallest absolute Gasteiger partial charge is 0.276 e. The number of nitrogens with one attached hydrogen (secondary N) is 2. The summed E-state index contributed by atoms with van der Waals surface area (Å²) in [6.07, 6.45) is 3.98. The molecular weight excluding hydrogens is 268 g/mol. The quantitative estimate of drug-likeness (QED) is 0.834. The van der Waals surface area contributed by atoms with Crippen LogP contribution in [0, 0.1) is 19.8 Å². The van der Waals surface area contributed by atoms with Crippen LogP contribution in [0.1, 0.15) is 36.8 Å². The Morgan fingerprint density at radius 2 is 1.90 bits per heavy atom. The molecular formula is C16H22N2O3. The second-order valence-corrected chi connectivity index (χ2v) is 5.58. The van der Waals surface area contributed by atoms with E-state index in [0.717, 1.165) is 36.8 Å². The molecule has 0 radical (unpaired) electrons. The van der Waals surface area contributed by atoms with Crippen molar-refractivity contribution in [1.82, 2.24) is 10.9 Å². The number of carbonyl (C=O) groups is 2. The Hall–Kier alpha value is -2.04. The van der Waals surface area contributed by atoms with Crippen LogP contribution in [0.2, 0.25) is 0 Å². The number of benzene rings is 1. The zero-order valence-corrected chi connectivity index (χ0v) is 12.6. The Balaban J connectivity index is 1.74. The molecule has 2 rings (SSSR count). The molecule has 5 heteroatoms. The number of ether oxygens (including phenoxy) is 1. The van der Waals surface area contributed by atoms with E-state index in [2.05, 4.69) is 10.9 Å². The van der Waals surface area contributed by atoms with Gasteiger partial charge in [0.2, 0.25) is 5.91 Å². The van der Waals surface area contributed by atoms with Gasteiger partial charge < -0.3 is 4.74 Å². The SMILES string of the molecule is Cc1ccc(C)c(OCC(=O)NNC(=O)C2CCCC2)c1. The van der Waals surface area contributed by atoms with Gasteiger partial charge in [-0.1, -0.05) is 25.0 Å². The molecule has 5 nitrogen and oxygen atoms in total. The number of hydrogen-bond acceptors (Lipinski definition) is 3. The van der Waals surface area contributed by atoms with E-state index in [-0.39, 0.29) is 24.3 Å². The van der Waals surface area contributed by atoms with Gasteiger partial charge in [-0.15, -0.1) is 0 Å². The fraction of sp³-hybridized carbons (Fsp3) is 0.500. The van der Waals surface area contributed by atoms with Crippen LogP contribution in [0.3, 0.4) is 0 Å². The Morgan fingerprint density at radius 1 is 1.19 bits per heavy atom. The minimum atomic E-state index is -0.359. The van der Waals surface area contributed by atoms with Gasteiger partial charge in [-0.05, 0) is 43.9 Å². The largest absolute Gasteiger partial charge is 0.483 e. The zero-order chi connectivity index (χ0) is 15.2. The number of rotatable bonds is 4. The van der Waals surface area contributed by atoms with Crippen molar-refractivity contribution in [3.05, 3.63) is 29.3 Å². The second kappa shape index (κ2) is 7.11. The van der Waals surface area contributed by atoms with E-state index in [1.165, 1.54) is 0 Å². The van der Waals surface area contributed by atoms with Crippen LogP contribution >= 0.6 is 0 Å². The summed E-state index contributed by atoms with van der Waals surface area (Å²) in [5.41, 5.74) is 6.92. The van der Waals surface area contributed by atoms with E-state index in [1.807, 2.05) is 32.0 Å². The predicted octanol–water partition coefficient (Wildman–Crippen LogP) is 2.02. The van der Waals surface area contributed by atoms with Crippen molar-refractivity contribution < 1.29 is 14.3 Å². The maximum Gasteiger partial charge on any atom is 0.276 e. The molecule has 1 aromatic rings. The number of aryl methyl sites for hydroxylation is 2. The molecule has 114 valence electrons. The third kappa shape index (κ3) is 4.48. The van der Waals surface area contributed by atoms with E-state index in [9.17, 15) is 9.59 Å². The Labute approximate surface area is 125 Å². The first-order valence-electron chi connectivity index (χ1n) is 7.35. The van der Waals surface area contributed by atoms with Crippen LogP contribution in [-0.2, 0) is 9.59 Å². The molecule has 0 unspecified atom stereocenters. The van der Waals surface area contributed by atoms with Gasteiger partial charge in [-0.3, -0.25) is 20.4 Å². The Bertz CT molecular complexity index is 522. The summed E-state index contributed by atoms with van der Waals surface area (Å²) in [7, 11) is 0. The average molecular weight is 290 g/mol. The minimum absolute atomic E-state index is 0.0326. The monoisotopic (exact) mass is 290 g/mol. The number of hydrogen-bond donors (Lipinski definition) is 2. The molecule has 0 heterocycles. The molecule has 2 amide bonds. The van der Waals surface area contributed by atoms with Gasteiger partial charge in [0.05, 0.1) is 0 Å². The van der Waals surface area contributed by atoms with Gasteiger partial charge >= 0.3 is 0 Å². The first kappa shape index (κ1) is 15.4. The number of amides is 2. The lowest BCUT2D eigenvalue weighted by Crippen LogP contribution is -2.45. The van der Waals surface area contributed by atoms with E-state index >= 15 is 0 Å². The fourth-order valence-corrected chi connectivity index (χ4v) is 2.46. The molecule has 1 aliphatic rings. The molecule has 1 aliphatic carbocycles. The summed E-state index contributed by atoms with van der Waals surface area (Å²) in [4.78, 5) is 23.4. The fourth-order valence-electron chi connectivity index (χ4n) is 2.46. The van der Waals surface area contributed by atoms with Gasteiger partial charge in [0.15, 0.2) is 6.61 Å². The molecule has 0 spiro atoms. The average Bonchev–Trinajstić information content (AvgIpc) is 3.00. The summed E-state index contributed by atoms with van der Waals surface area (Å²) < 4.78 is 5.47. The lowest BCUT2D eigenvalue weighted by atomic mass is 10.1. The molecule has 1 aromatic carbocycles. The summed E-state index contributed by atoms with van der Waals surface area (Å²) in [6, 6.07) is 5.83. The van der Waals surface area contributed by atoms with E-state index in [1.54, 1.807) is 0 Å². The van der Waals surface area contributed by atoms with Gasteiger partial charge in [-0.2, -0.15) is 0 Å². The van der Waals surface area contributed by atoms with Crippen molar-refractivity contribution >= 4 is 11.8 Å². The van der Waals surface area contributed by atoms with Crippen molar-refractivity contribution in [2.24, 2.45) is 5.92 Å². The van der Waals surface area contributed by atoms with Crippen molar-refractivity contribution in [3.8, 4) is 5.75 Å². The van der Waals surface area contributed by atoms with Gasteiger partial charge in [0.1, 0.15) is 5.75 Å². The lowest BCUT2D eigenvalue weighted by molar-refractivity contribution is -0.132. The van der Waals surface area contributed by atoms with Crippen LogP contribution in [0.25, 0.3) is 0 Å². The summed E-state index contributed by atoms with van der Waals surface area (Å²) in [5, 5.41) is 0. The lowest BCUT2D eigenvalue weighted by Gasteiger charge is -2.13. The van der Waals surface area contributed by atoms with Crippen LogP contribution in [-0.4, -0.2) is 18.4 Å². The van der Waals surface area contributed by atoms with Crippen molar-refractivity contribution in [2.75, 3.05) is 6.61 Å². The molecule has 0 aromatic heterocycles. The Kier molecular flexibility index (Phi) is 5.20. The molecule has 0 saturated heterocycles. The van der Waals surface area contributed by atoms with Crippen LogP contribution in [0.5, 0.6) is 5.75 Å². The van der Waals surface area contributed by atoms with Gasteiger partial charge in [0, 0.05) is 5.92 Å². The predicted molar refractivity (Wildman–Crippen MR) is 79.7 cm³/mol.